The normalized spacial score (nSPS) is 18.8. The maximum atomic E-state index is 14.1. The van der Waals surface area contributed by atoms with E-state index in [-0.39, 0.29) is 16.6 Å². The molecule has 20 heavy (non-hydrogen) atoms. The molecular weight excluding hydrogens is 327 g/mol. The third-order valence-corrected chi connectivity index (χ3v) is 3.92. The summed E-state index contributed by atoms with van der Waals surface area (Å²) in [5.74, 6) is -2.16. The molecule has 1 aromatic rings. The minimum atomic E-state index is -0.832. The molecular formula is C14H12BrFN2O2. The molecule has 1 aliphatic heterocycles. The minimum absolute atomic E-state index is 0.166. The number of rotatable bonds is 3. The van der Waals surface area contributed by atoms with E-state index < -0.39 is 23.4 Å². The average molecular weight is 339 g/mol. The first-order valence-corrected chi connectivity index (χ1v) is 7.00. The van der Waals surface area contributed by atoms with Gasteiger partial charge in [0.25, 0.3) is 0 Å². The van der Waals surface area contributed by atoms with E-state index in [4.69, 9.17) is 5.26 Å². The van der Waals surface area contributed by atoms with Gasteiger partial charge in [-0.1, -0.05) is 6.07 Å². The van der Waals surface area contributed by atoms with E-state index in [1.54, 1.807) is 18.2 Å². The molecule has 1 amide bonds. The van der Waals surface area contributed by atoms with E-state index in [2.05, 4.69) is 15.9 Å². The van der Waals surface area contributed by atoms with Crippen LogP contribution in [0.2, 0.25) is 0 Å². The molecule has 0 bridgehead atoms. The van der Waals surface area contributed by atoms with Gasteiger partial charge in [0.15, 0.2) is 11.6 Å². The summed E-state index contributed by atoms with van der Waals surface area (Å²) in [7, 11) is 0. The molecule has 0 aromatic heterocycles. The van der Waals surface area contributed by atoms with Crippen LogP contribution in [0.5, 0.6) is 0 Å². The Balaban J connectivity index is 2.29. The van der Waals surface area contributed by atoms with Crippen LogP contribution in [0.1, 0.15) is 19.3 Å². The lowest BCUT2D eigenvalue weighted by atomic mass is 9.91. The van der Waals surface area contributed by atoms with E-state index in [1.165, 1.54) is 11.0 Å². The number of hydrogen-bond acceptors (Lipinski definition) is 3. The van der Waals surface area contributed by atoms with Crippen molar-refractivity contribution in [3.63, 3.8) is 0 Å². The summed E-state index contributed by atoms with van der Waals surface area (Å²) in [4.78, 5) is 25.4. The number of ketones is 1. The molecule has 0 aliphatic carbocycles. The first kappa shape index (κ1) is 14.7. The topological polar surface area (TPSA) is 61.2 Å². The van der Waals surface area contributed by atoms with Crippen LogP contribution >= 0.6 is 15.9 Å². The summed E-state index contributed by atoms with van der Waals surface area (Å²) in [5.41, 5.74) is 0.166. The number of benzene rings is 1. The van der Waals surface area contributed by atoms with Gasteiger partial charge in [-0.05, 0) is 40.9 Å². The molecule has 1 aliphatic rings. The molecule has 6 heteroatoms. The van der Waals surface area contributed by atoms with Crippen molar-refractivity contribution in [2.75, 3.05) is 11.4 Å². The summed E-state index contributed by atoms with van der Waals surface area (Å²) in [6.07, 6.45) is 0.746. The number of carbonyl (C=O) groups is 2. The van der Waals surface area contributed by atoms with Crippen LogP contribution in [0.3, 0.4) is 0 Å². The Bertz CT molecular complexity index is 597. The highest BCUT2D eigenvalue weighted by Gasteiger charge is 2.35. The third-order valence-electron chi connectivity index (χ3n) is 3.30. The van der Waals surface area contributed by atoms with Crippen molar-refractivity contribution in [2.45, 2.75) is 19.3 Å². The first-order chi connectivity index (χ1) is 9.56. The summed E-state index contributed by atoms with van der Waals surface area (Å²) in [6, 6.07) is 6.45. The fourth-order valence-electron chi connectivity index (χ4n) is 2.32. The average Bonchev–Trinajstić information content (AvgIpc) is 2.43. The Hall–Kier alpha value is -1.74. The Morgan fingerprint density at radius 2 is 2.30 bits per heavy atom. The Kier molecular flexibility index (Phi) is 4.50. The molecule has 1 fully saturated rings. The smallest absolute Gasteiger partial charge is 0.237 e. The molecule has 1 atom stereocenters. The zero-order chi connectivity index (χ0) is 14.7. The Labute approximate surface area is 124 Å². The maximum absolute atomic E-state index is 14.1. The van der Waals surface area contributed by atoms with Crippen LogP contribution < -0.4 is 4.90 Å². The number of anilines is 1. The molecule has 1 heterocycles. The number of Topliss-reactive ketones (excluding diaryl/α,β-unsaturated/α-hetero) is 1. The van der Waals surface area contributed by atoms with E-state index in [9.17, 15) is 14.0 Å². The summed E-state index contributed by atoms with van der Waals surface area (Å²) < 4.78 is 14.3. The second kappa shape index (κ2) is 6.14. The molecule has 1 saturated heterocycles. The second-order valence-corrected chi connectivity index (χ2v) is 5.41. The van der Waals surface area contributed by atoms with Gasteiger partial charge in [0.1, 0.15) is 0 Å². The van der Waals surface area contributed by atoms with Crippen LogP contribution in [0.15, 0.2) is 22.7 Å². The molecule has 0 radical (unpaired) electrons. The van der Waals surface area contributed by atoms with E-state index in [1.807, 2.05) is 0 Å². The Morgan fingerprint density at radius 3 is 3.00 bits per heavy atom. The van der Waals surface area contributed by atoms with Gasteiger partial charge in [-0.2, -0.15) is 5.26 Å². The van der Waals surface area contributed by atoms with Gasteiger partial charge in [-0.15, -0.1) is 0 Å². The number of nitrogens with zero attached hydrogens (tertiary/aromatic N) is 2. The third kappa shape index (κ3) is 2.73. The predicted octanol–water partition coefficient (Wildman–Crippen LogP) is 2.81. The van der Waals surface area contributed by atoms with Crippen molar-refractivity contribution in [3.8, 4) is 6.07 Å². The van der Waals surface area contributed by atoms with Crippen LogP contribution in [0.4, 0.5) is 10.1 Å². The number of piperidine rings is 1. The van der Waals surface area contributed by atoms with E-state index >= 15 is 0 Å². The van der Waals surface area contributed by atoms with Gasteiger partial charge in [0.2, 0.25) is 5.91 Å². The summed E-state index contributed by atoms with van der Waals surface area (Å²) in [6.45, 7) is 0.378. The highest BCUT2D eigenvalue weighted by atomic mass is 79.9. The maximum Gasteiger partial charge on any atom is 0.237 e. The number of amides is 1. The lowest BCUT2D eigenvalue weighted by Gasteiger charge is -2.31. The highest BCUT2D eigenvalue weighted by Crippen LogP contribution is 2.30. The first-order valence-electron chi connectivity index (χ1n) is 6.21. The highest BCUT2D eigenvalue weighted by molar-refractivity contribution is 9.10. The van der Waals surface area contributed by atoms with Crippen molar-refractivity contribution in [1.29, 1.82) is 5.26 Å². The van der Waals surface area contributed by atoms with Crippen molar-refractivity contribution in [2.24, 2.45) is 5.92 Å². The number of halogens is 2. The predicted molar refractivity (Wildman–Crippen MR) is 74.4 cm³/mol. The second-order valence-electron chi connectivity index (χ2n) is 4.56. The van der Waals surface area contributed by atoms with Crippen molar-refractivity contribution >= 4 is 33.3 Å². The standard InChI is InChI=1S/C14H12BrFN2O2/c15-10-4-1-5-11(13(10)16)18-8-2-3-9(14(18)20)12(19)6-7-17/h1,4-5,9H,2-3,6,8H2. The summed E-state index contributed by atoms with van der Waals surface area (Å²) in [5, 5.41) is 8.56. The van der Waals surface area contributed by atoms with E-state index in [0.29, 0.717) is 19.4 Å². The molecule has 0 spiro atoms. The molecule has 2 rings (SSSR count). The lowest BCUT2D eigenvalue weighted by Crippen LogP contribution is -2.44. The van der Waals surface area contributed by atoms with Crippen LogP contribution in [0.25, 0.3) is 0 Å². The fraction of sp³-hybridized carbons (Fsp3) is 0.357. The van der Waals surface area contributed by atoms with Crippen molar-refractivity contribution in [1.82, 2.24) is 0 Å². The summed E-state index contributed by atoms with van der Waals surface area (Å²) >= 11 is 3.08. The van der Waals surface area contributed by atoms with E-state index in [0.717, 1.165) is 0 Å². The van der Waals surface area contributed by atoms with Gasteiger partial charge < -0.3 is 4.90 Å². The molecule has 0 saturated carbocycles. The van der Waals surface area contributed by atoms with Gasteiger partial charge in [0.05, 0.1) is 28.6 Å². The molecule has 0 N–H and O–H groups in total. The van der Waals surface area contributed by atoms with Gasteiger partial charge in [0, 0.05) is 6.54 Å². The van der Waals surface area contributed by atoms with Gasteiger partial charge >= 0.3 is 0 Å². The SMILES string of the molecule is N#CCC(=O)C1CCCN(c2cccc(Br)c2F)C1=O. The fourth-order valence-corrected chi connectivity index (χ4v) is 2.67. The number of nitriles is 1. The van der Waals surface area contributed by atoms with Gasteiger partial charge in [-0.25, -0.2) is 4.39 Å². The minimum Gasteiger partial charge on any atom is -0.309 e. The van der Waals surface area contributed by atoms with Crippen LogP contribution in [-0.4, -0.2) is 18.2 Å². The zero-order valence-corrected chi connectivity index (χ0v) is 12.2. The number of hydrogen-bond donors (Lipinski definition) is 0. The molecule has 1 unspecified atom stereocenters. The monoisotopic (exact) mass is 338 g/mol. The largest absolute Gasteiger partial charge is 0.309 e. The molecule has 1 aromatic carbocycles. The van der Waals surface area contributed by atoms with Crippen LogP contribution in [-0.2, 0) is 9.59 Å². The molecule has 4 nitrogen and oxygen atoms in total. The lowest BCUT2D eigenvalue weighted by molar-refractivity contribution is -0.133. The quantitative estimate of drug-likeness (QED) is 0.796. The van der Waals surface area contributed by atoms with Gasteiger partial charge in [-0.3, -0.25) is 9.59 Å². The molecule has 104 valence electrons. The zero-order valence-electron chi connectivity index (χ0n) is 10.6. The van der Waals surface area contributed by atoms with Crippen LogP contribution in [0, 0.1) is 23.1 Å². The van der Waals surface area contributed by atoms with Crippen molar-refractivity contribution in [3.05, 3.63) is 28.5 Å². The number of carbonyl (C=O) groups excluding carboxylic acids is 2. The Morgan fingerprint density at radius 1 is 1.55 bits per heavy atom. The van der Waals surface area contributed by atoms with Crippen molar-refractivity contribution < 1.29 is 14.0 Å².